The molecule has 0 unspecified atom stereocenters. The van der Waals surface area contributed by atoms with Crippen LogP contribution >= 0.6 is 15.9 Å². The van der Waals surface area contributed by atoms with Gasteiger partial charge in [0.15, 0.2) is 0 Å². The van der Waals surface area contributed by atoms with Crippen molar-refractivity contribution in [1.82, 2.24) is 5.32 Å². The van der Waals surface area contributed by atoms with Gasteiger partial charge < -0.3 is 5.32 Å². The van der Waals surface area contributed by atoms with Crippen LogP contribution in [0.5, 0.6) is 0 Å². The second kappa shape index (κ2) is 3.59. The van der Waals surface area contributed by atoms with Crippen molar-refractivity contribution in [1.29, 1.82) is 0 Å². The Bertz CT molecular complexity index is 337. The highest BCUT2D eigenvalue weighted by atomic mass is 79.9. The van der Waals surface area contributed by atoms with Crippen LogP contribution < -0.4 is 5.32 Å². The van der Waals surface area contributed by atoms with Crippen molar-refractivity contribution in [2.75, 3.05) is 13.1 Å². The molecule has 1 aliphatic rings. The standard InChI is InChI=1S/C10H10BrF2N/c11-9-3-1-2-7(4-9)10(12,13)8-5-14-6-8/h1-4,8,14H,5-6H2. The molecule has 1 N–H and O–H groups in total. The molecule has 0 saturated carbocycles. The van der Waals surface area contributed by atoms with E-state index in [-0.39, 0.29) is 5.56 Å². The van der Waals surface area contributed by atoms with Crippen molar-refractivity contribution >= 4 is 15.9 Å². The van der Waals surface area contributed by atoms with Crippen LogP contribution in [0.3, 0.4) is 0 Å². The molecule has 14 heavy (non-hydrogen) atoms. The lowest BCUT2D eigenvalue weighted by atomic mass is 9.90. The highest BCUT2D eigenvalue weighted by Crippen LogP contribution is 2.38. The summed E-state index contributed by atoms with van der Waals surface area (Å²) >= 11 is 3.19. The van der Waals surface area contributed by atoms with Crippen molar-refractivity contribution in [2.24, 2.45) is 5.92 Å². The Balaban J connectivity index is 2.28. The van der Waals surface area contributed by atoms with E-state index in [1.807, 2.05) is 0 Å². The van der Waals surface area contributed by atoms with Gasteiger partial charge in [-0.25, -0.2) is 8.78 Å². The van der Waals surface area contributed by atoms with E-state index in [9.17, 15) is 8.78 Å². The molecule has 76 valence electrons. The smallest absolute Gasteiger partial charge is 0.278 e. The Hall–Kier alpha value is -0.480. The lowest BCUT2D eigenvalue weighted by molar-refractivity contribution is -0.0834. The van der Waals surface area contributed by atoms with Crippen LogP contribution in [-0.4, -0.2) is 13.1 Å². The summed E-state index contributed by atoms with van der Waals surface area (Å²) in [6, 6.07) is 6.35. The summed E-state index contributed by atoms with van der Waals surface area (Å²) < 4.78 is 28.1. The zero-order valence-corrected chi connectivity index (χ0v) is 9.02. The Morgan fingerprint density at radius 3 is 2.57 bits per heavy atom. The van der Waals surface area contributed by atoms with E-state index in [0.717, 1.165) is 0 Å². The minimum atomic E-state index is -2.71. The number of alkyl halides is 2. The van der Waals surface area contributed by atoms with Crippen LogP contribution in [0.2, 0.25) is 0 Å². The largest absolute Gasteiger partial charge is 0.316 e. The van der Waals surface area contributed by atoms with Crippen molar-refractivity contribution in [3.8, 4) is 0 Å². The molecule has 1 saturated heterocycles. The summed E-state index contributed by atoms with van der Waals surface area (Å²) in [7, 11) is 0. The van der Waals surface area contributed by atoms with E-state index in [2.05, 4.69) is 21.2 Å². The molecule has 0 aromatic heterocycles. The van der Waals surface area contributed by atoms with Crippen molar-refractivity contribution in [2.45, 2.75) is 5.92 Å². The Kier molecular flexibility index (Phi) is 2.58. The maximum Gasteiger partial charge on any atom is 0.278 e. The predicted octanol–water partition coefficient (Wildman–Crippen LogP) is 2.76. The van der Waals surface area contributed by atoms with Gasteiger partial charge in [-0.15, -0.1) is 0 Å². The number of rotatable bonds is 2. The van der Waals surface area contributed by atoms with Crippen LogP contribution in [0, 0.1) is 5.92 Å². The Labute approximate surface area is 89.6 Å². The number of nitrogens with one attached hydrogen (secondary N) is 1. The normalized spacial score (nSPS) is 17.9. The van der Waals surface area contributed by atoms with Crippen LogP contribution in [0.1, 0.15) is 5.56 Å². The van der Waals surface area contributed by atoms with Gasteiger partial charge in [0.25, 0.3) is 5.92 Å². The van der Waals surface area contributed by atoms with Gasteiger partial charge >= 0.3 is 0 Å². The van der Waals surface area contributed by atoms with Gasteiger partial charge in [0, 0.05) is 23.1 Å². The SMILES string of the molecule is FC(F)(c1cccc(Br)c1)C1CNC1. The maximum absolute atomic E-state index is 13.7. The summed E-state index contributed by atoms with van der Waals surface area (Å²) in [5.74, 6) is -3.27. The summed E-state index contributed by atoms with van der Waals surface area (Å²) in [6.45, 7) is 0.805. The van der Waals surface area contributed by atoms with E-state index >= 15 is 0 Å². The molecule has 2 rings (SSSR count). The third-order valence-corrected chi connectivity index (χ3v) is 3.00. The third-order valence-electron chi connectivity index (χ3n) is 2.50. The molecule has 1 aliphatic heterocycles. The predicted molar refractivity (Wildman–Crippen MR) is 54.4 cm³/mol. The molecule has 1 heterocycles. The maximum atomic E-state index is 13.7. The highest BCUT2D eigenvalue weighted by molar-refractivity contribution is 9.10. The van der Waals surface area contributed by atoms with E-state index in [1.165, 1.54) is 12.1 Å². The molecule has 0 amide bonds. The fourth-order valence-corrected chi connectivity index (χ4v) is 1.88. The summed E-state index contributed by atoms with van der Waals surface area (Å²) in [5.41, 5.74) is 0.0957. The van der Waals surface area contributed by atoms with Crippen LogP contribution in [0.15, 0.2) is 28.7 Å². The topological polar surface area (TPSA) is 12.0 Å². The van der Waals surface area contributed by atoms with Gasteiger partial charge in [-0.3, -0.25) is 0 Å². The first kappa shape index (κ1) is 10.1. The second-order valence-electron chi connectivity index (χ2n) is 3.49. The summed E-state index contributed by atoms with van der Waals surface area (Å²) in [5, 5.41) is 2.86. The van der Waals surface area contributed by atoms with Crippen molar-refractivity contribution < 1.29 is 8.78 Å². The van der Waals surface area contributed by atoms with Gasteiger partial charge in [0.05, 0.1) is 5.92 Å². The van der Waals surface area contributed by atoms with Gasteiger partial charge in [-0.05, 0) is 12.1 Å². The quantitative estimate of drug-likeness (QED) is 0.864. The summed E-state index contributed by atoms with van der Waals surface area (Å²) in [4.78, 5) is 0. The fourth-order valence-electron chi connectivity index (χ4n) is 1.48. The van der Waals surface area contributed by atoms with Gasteiger partial charge in [-0.1, -0.05) is 28.1 Å². The summed E-state index contributed by atoms with van der Waals surface area (Å²) in [6.07, 6.45) is 0. The second-order valence-corrected chi connectivity index (χ2v) is 4.40. The van der Waals surface area contributed by atoms with E-state index < -0.39 is 11.8 Å². The molecule has 1 nitrogen and oxygen atoms in total. The molecule has 0 bridgehead atoms. The zero-order valence-electron chi connectivity index (χ0n) is 7.43. The lowest BCUT2D eigenvalue weighted by Crippen LogP contribution is -2.50. The van der Waals surface area contributed by atoms with Crippen LogP contribution in [0.4, 0.5) is 8.78 Å². The average molecular weight is 262 g/mol. The van der Waals surface area contributed by atoms with E-state index in [4.69, 9.17) is 0 Å². The molecular formula is C10H10BrF2N. The number of hydrogen-bond acceptors (Lipinski definition) is 1. The van der Waals surface area contributed by atoms with Crippen LogP contribution in [0.25, 0.3) is 0 Å². The zero-order chi connectivity index (χ0) is 10.2. The first-order valence-corrected chi connectivity index (χ1v) is 5.24. The first-order valence-electron chi connectivity index (χ1n) is 4.45. The molecule has 0 atom stereocenters. The van der Waals surface area contributed by atoms with E-state index in [1.54, 1.807) is 12.1 Å². The molecule has 1 aromatic carbocycles. The number of hydrogen-bond donors (Lipinski definition) is 1. The monoisotopic (exact) mass is 261 g/mol. The molecule has 0 spiro atoms. The molecular weight excluding hydrogens is 252 g/mol. The minimum absolute atomic E-state index is 0.0957. The fraction of sp³-hybridized carbons (Fsp3) is 0.400. The average Bonchev–Trinajstić information content (AvgIpc) is 2.00. The lowest BCUT2D eigenvalue weighted by Gasteiger charge is -2.34. The molecule has 4 heteroatoms. The third kappa shape index (κ3) is 1.68. The number of halogens is 3. The van der Waals surface area contributed by atoms with Gasteiger partial charge in [-0.2, -0.15) is 0 Å². The number of benzene rings is 1. The Morgan fingerprint density at radius 1 is 1.36 bits per heavy atom. The van der Waals surface area contributed by atoms with Crippen molar-refractivity contribution in [3.63, 3.8) is 0 Å². The highest BCUT2D eigenvalue weighted by Gasteiger charge is 2.44. The first-order chi connectivity index (χ1) is 6.60. The van der Waals surface area contributed by atoms with Gasteiger partial charge in [0.2, 0.25) is 0 Å². The molecule has 1 aromatic rings. The van der Waals surface area contributed by atoms with Crippen LogP contribution in [-0.2, 0) is 5.92 Å². The Morgan fingerprint density at radius 2 is 2.07 bits per heavy atom. The van der Waals surface area contributed by atoms with E-state index in [0.29, 0.717) is 17.6 Å². The minimum Gasteiger partial charge on any atom is -0.316 e. The molecule has 0 radical (unpaired) electrons. The molecule has 0 aliphatic carbocycles. The van der Waals surface area contributed by atoms with Gasteiger partial charge in [0.1, 0.15) is 0 Å². The molecule has 1 fully saturated rings. The van der Waals surface area contributed by atoms with Crippen molar-refractivity contribution in [3.05, 3.63) is 34.3 Å².